The molecule has 0 aliphatic carbocycles. The molecule has 0 spiro atoms. The molecular formula is C19H16BrN3O2S. The van der Waals surface area contributed by atoms with Gasteiger partial charge in [-0.2, -0.15) is 0 Å². The summed E-state index contributed by atoms with van der Waals surface area (Å²) in [6.07, 6.45) is 0. The van der Waals surface area contributed by atoms with E-state index >= 15 is 0 Å². The van der Waals surface area contributed by atoms with Crippen molar-refractivity contribution in [3.05, 3.63) is 74.7 Å². The SMILES string of the molecule is Cc1ccc(C(=O)Nc2nc(C)c(C(=O)Nc3ccc(Br)cc3)s2)cc1. The number of halogens is 1. The summed E-state index contributed by atoms with van der Waals surface area (Å²) in [4.78, 5) is 29.5. The van der Waals surface area contributed by atoms with E-state index in [1.54, 1.807) is 31.2 Å². The minimum absolute atomic E-state index is 0.251. The van der Waals surface area contributed by atoms with Gasteiger partial charge in [-0.3, -0.25) is 14.9 Å². The topological polar surface area (TPSA) is 71.1 Å². The number of hydrogen-bond acceptors (Lipinski definition) is 4. The molecule has 3 aromatic rings. The molecule has 0 unspecified atom stereocenters. The molecule has 132 valence electrons. The number of hydrogen-bond donors (Lipinski definition) is 2. The zero-order chi connectivity index (χ0) is 18.7. The smallest absolute Gasteiger partial charge is 0.267 e. The lowest BCUT2D eigenvalue weighted by molar-refractivity contribution is 0.102. The number of nitrogens with zero attached hydrogens (tertiary/aromatic N) is 1. The van der Waals surface area contributed by atoms with Crippen LogP contribution in [0.25, 0.3) is 0 Å². The monoisotopic (exact) mass is 429 g/mol. The minimum Gasteiger partial charge on any atom is -0.321 e. The molecule has 3 rings (SSSR count). The zero-order valence-corrected chi connectivity index (χ0v) is 16.6. The van der Waals surface area contributed by atoms with E-state index in [9.17, 15) is 9.59 Å². The first kappa shape index (κ1) is 18.3. The highest BCUT2D eigenvalue weighted by atomic mass is 79.9. The average Bonchev–Trinajstić information content (AvgIpc) is 2.98. The molecule has 2 N–H and O–H groups in total. The number of aromatic nitrogens is 1. The number of amides is 2. The van der Waals surface area contributed by atoms with E-state index in [-0.39, 0.29) is 11.8 Å². The van der Waals surface area contributed by atoms with Crippen molar-refractivity contribution < 1.29 is 9.59 Å². The number of anilines is 2. The van der Waals surface area contributed by atoms with E-state index in [0.717, 1.165) is 21.4 Å². The first-order valence-corrected chi connectivity index (χ1v) is 9.45. The normalized spacial score (nSPS) is 10.4. The Bertz CT molecular complexity index is 950. The summed E-state index contributed by atoms with van der Waals surface area (Å²) in [6, 6.07) is 14.6. The second kappa shape index (κ2) is 7.80. The molecule has 1 heterocycles. The molecule has 0 saturated carbocycles. The maximum absolute atomic E-state index is 12.5. The van der Waals surface area contributed by atoms with E-state index < -0.39 is 0 Å². The third-order valence-electron chi connectivity index (χ3n) is 3.64. The summed E-state index contributed by atoms with van der Waals surface area (Å²) in [5.41, 5.74) is 2.89. The number of benzene rings is 2. The second-order valence-corrected chi connectivity index (χ2v) is 7.63. The molecule has 0 saturated heterocycles. The lowest BCUT2D eigenvalue weighted by Gasteiger charge is -2.04. The molecule has 0 radical (unpaired) electrons. The number of rotatable bonds is 4. The van der Waals surface area contributed by atoms with Gasteiger partial charge in [-0.05, 0) is 50.2 Å². The van der Waals surface area contributed by atoms with Crippen LogP contribution in [0, 0.1) is 13.8 Å². The van der Waals surface area contributed by atoms with Crippen LogP contribution >= 0.6 is 27.3 Å². The van der Waals surface area contributed by atoms with Crippen molar-refractivity contribution in [1.29, 1.82) is 0 Å². The van der Waals surface area contributed by atoms with Gasteiger partial charge < -0.3 is 5.32 Å². The number of aryl methyl sites for hydroxylation is 2. The van der Waals surface area contributed by atoms with Crippen LogP contribution in [0.2, 0.25) is 0 Å². The number of carbonyl (C=O) groups is 2. The third-order valence-corrected chi connectivity index (χ3v) is 5.24. The molecule has 2 aromatic carbocycles. The fraction of sp³-hybridized carbons (Fsp3) is 0.105. The van der Waals surface area contributed by atoms with Gasteiger partial charge in [0.2, 0.25) is 0 Å². The summed E-state index contributed by atoms with van der Waals surface area (Å²) in [5.74, 6) is -0.503. The Labute approximate surface area is 163 Å². The van der Waals surface area contributed by atoms with Gasteiger partial charge >= 0.3 is 0 Å². The van der Waals surface area contributed by atoms with Gasteiger partial charge in [-0.25, -0.2) is 4.98 Å². The summed E-state index contributed by atoms with van der Waals surface area (Å²) in [5, 5.41) is 5.97. The molecule has 0 aliphatic rings. The minimum atomic E-state index is -0.252. The first-order chi connectivity index (χ1) is 12.4. The van der Waals surface area contributed by atoms with Gasteiger partial charge in [0.1, 0.15) is 4.88 Å². The molecule has 0 fully saturated rings. The largest absolute Gasteiger partial charge is 0.321 e. The molecule has 1 aromatic heterocycles. The van der Waals surface area contributed by atoms with Gasteiger partial charge in [0.05, 0.1) is 5.69 Å². The predicted octanol–water partition coefficient (Wildman–Crippen LogP) is 5.03. The Morgan fingerprint density at radius 3 is 2.23 bits per heavy atom. The van der Waals surface area contributed by atoms with E-state index in [4.69, 9.17) is 0 Å². The highest BCUT2D eigenvalue weighted by molar-refractivity contribution is 9.10. The lowest BCUT2D eigenvalue weighted by Crippen LogP contribution is -2.11. The highest BCUT2D eigenvalue weighted by Crippen LogP contribution is 2.24. The van der Waals surface area contributed by atoms with Gasteiger partial charge in [0.25, 0.3) is 11.8 Å². The van der Waals surface area contributed by atoms with Crippen LogP contribution in [0.15, 0.2) is 53.0 Å². The van der Waals surface area contributed by atoms with Crippen LogP contribution in [-0.4, -0.2) is 16.8 Å². The van der Waals surface area contributed by atoms with Crippen molar-refractivity contribution >= 4 is 49.9 Å². The summed E-state index contributed by atoms with van der Waals surface area (Å²) >= 11 is 4.51. The maximum atomic E-state index is 12.5. The standard InChI is InChI=1S/C19H16BrN3O2S/c1-11-3-5-13(6-4-11)17(24)23-19-21-12(2)16(26-19)18(25)22-15-9-7-14(20)8-10-15/h3-10H,1-2H3,(H,22,25)(H,21,23,24). The first-order valence-electron chi connectivity index (χ1n) is 7.85. The quantitative estimate of drug-likeness (QED) is 0.610. The van der Waals surface area contributed by atoms with E-state index in [2.05, 4.69) is 31.5 Å². The van der Waals surface area contributed by atoms with Crippen LogP contribution < -0.4 is 10.6 Å². The average molecular weight is 430 g/mol. The second-order valence-electron chi connectivity index (χ2n) is 5.71. The van der Waals surface area contributed by atoms with Crippen LogP contribution in [0.1, 0.15) is 31.3 Å². The molecular weight excluding hydrogens is 414 g/mol. The summed E-state index contributed by atoms with van der Waals surface area (Å²) in [6.45, 7) is 3.71. The fourth-order valence-corrected chi connectivity index (χ4v) is 3.38. The number of nitrogens with one attached hydrogen (secondary N) is 2. The molecule has 2 amide bonds. The Balaban J connectivity index is 1.71. The van der Waals surface area contributed by atoms with Crippen molar-refractivity contribution in [2.75, 3.05) is 10.6 Å². The Morgan fingerprint density at radius 2 is 1.58 bits per heavy atom. The van der Waals surface area contributed by atoms with Gasteiger partial charge in [-0.15, -0.1) is 0 Å². The van der Waals surface area contributed by atoms with Gasteiger partial charge in [0, 0.05) is 15.7 Å². The number of carbonyl (C=O) groups excluding carboxylic acids is 2. The van der Waals surface area contributed by atoms with Crippen molar-refractivity contribution in [2.45, 2.75) is 13.8 Å². The third kappa shape index (κ3) is 4.36. The van der Waals surface area contributed by atoms with Crippen LogP contribution in [-0.2, 0) is 0 Å². The van der Waals surface area contributed by atoms with Gasteiger partial charge in [0.15, 0.2) is 5.13 Å². The molecule has 0 atom stereocenters. The molecule has 0 bridgehead atoms. The van der Waals surface area contributed by atoms with Crippen LogP contribution in [0.3, 0.4) is 0 Å². The van der Waals surface area contributed by atoms with E-state index in [1.807, 2.05) is 31.2 Å². The summed E-state index contributed by atoms with van der Waals surface area (Å²) in [7, 11) is 0. The molecule has 7 heteroatoms. The zero-order valence-electron chi connectivity index (χ0n) is 14.2. The lowest BCUT2D eigenvalue weighted by atomic mass is 10.1. The Hall–Kier alpha value is -2.51. The van der Waals surface area contributed by atoms with Crippen molar-refractivity contribution in [1.82, 2.24) is 4.98 Å². The maximum Gasteiger partial charge on any atom is 0.267 e. The van der Waals surface area contributed by atoms with Gasteiger partial charge in [-0.1, -0.05) is 45.0 Å². The predicted molar refractivity (Wildman–Crippen MR) is 108 cm³/mol. The highest BCUT2D eigenvalue weighted by Gasteiger charge is 2.17. The van der Waals surface area contributed by atoms with E-state index in [0.29, 0.717) is 27.0 Å². The van der Waals surface area contributed by atoms with Crippen molar-refractivity contribution in [3.63, 3.8) is 0 Å². The van der Waals surface area contributed by atoms with Crippen molar-refractivity contribution in [3.8, 4) is 0 Å². The Kier molecular flexibility index (Phi) is 5.49. The van der Waals surface area contributed by atoms with Crippen molar-refractivity contribution in [2.24, 2.45) is 0 Å². The Morgan fingerprint density at radius 1 is 0.923 bits per heavy atom. The van der Waals surface area contributed by atoms with E-state index in [1.165, 1.54) is 0 Å². The number of thiazole rings is 1. The summed E-state index contributed by atoms with van der Waals surface area (Å²) < 4.78 is 0.936. The molecule has 5 nitrogen and oxygen atoms in total. The molecule has 0 aliphatic heterocycles. The van der Waals surface area contributed by atoms with Crippen LogP contribution in [0.5, 0.6) is 0 Å². The fourth-order valence-electron chi connectivity index (χ4n) is 2.26. The van der Waals surface area contributed by atoms with Crippen LogP contribution in [0.4, 0.5) is 10.8 Å². The molecule has 26 heavy (non-hydrogen) atoms.